The van der Waals surface area contributed by atoms with Crippen molar-refractivity contribution in [1.82, 2.24) is 14.8 Å². The van der Waals surface area contributed by atoms with Gasteiger partial charge in [-0.1, -0.05) is 12.1 Å². The van der Waals surface area contributed by atoms with Gasteiger partial charge in [0.2, 0.25) is 5.91 Å². The SMILES string of the molecule is COc1ccc(-n2c(C)cc(/C=C3/NC(=O)N(CC(=O)Nc4ccccc4F)C3=O)c2C)cc1. The maximum atomic E-state index is 13.8. The van der Waals surface area contributed by atoms with Crippen molar-refractivity contribution in [2.24, 2.45) is 0 Å². The zero-order valence-corrected chi connectivity index (χ0v) is 18.9. The van der Waals surface area contributed by atoms with Crippen LogP contribution in [0.15, 0.2) is 60.3 Å². The molecule has 2 aromatic carbocycles. The van der Waals surface area contributed by atoms with Gasteiger partial charge in [0.05, 0.1) is 12.8 Å². The van der Waals surface area contributed by atoms with E-state index < -0.39 is 30.2 Å². The molecule has 4 rings (SSSR count). The molecule has 174 valence electrons. The van der Waals surface area contributed by atoms with E-state index in [2.05, 4.69) is 10.6 Å². The van der Waals surface area contributed by atoms with Crippen molar-refractivity contribution >= 4 is 29.6 Å². The molecule has 8 nitrogen and oxygen atoms in total. The smallest absolute Gasteiger partial charge is 0.329 e. The van der Waals surface area contributed by atoms with Gasteiger partial charge in [0, 0.05) is 17.1 Å². The zero-order chi connectivity index (χ0) is 24.4. The Bertz CT molecular complexity index is 1310. The number of methoxy groups -OCH3 is 1. The Balaban J connectivity index is 1.53. The zero-order valence-electron chi connectivity index (χ0n) is 18.9. The number of urea groups is 1. The summed E-state index contributed by atoms with van der Waals surface area (Å²) in [5.74, 6) is -1.19. The molecule has 1 saturated heterocycles. The fourth-order valence-electron chi connectivity index (χ4n) is 3.83. The number of rotatable bonds is 6. The van der Waals surface area contributed by atoms with Crippen molar-refractivity contribution in [3.8, 4) is 11.4 Å². The maximum Gasteiger partial charge on any atom is 0.329 e. The Hall–Kier alpha value is -4.40. The van der Waals surface area contributed by atoms with Gasteiger partial charge >= 0.3 is 6.03 Å². The number of imide groups is 1. The molecule has 2 heterocycles. The molecule has 0 unspecified atom stereocenters. The van der Waals surface area contributed by atoms with Crippen molar-refractivity contribution < 1.29 is 23.5 Å². The van der Waals surface area contributed by atoms with Crippen molar-refractivity contribution in [3.05, 3.63) is 83.1 Å². The lowest BCUT2D eigenvalue weighted by Gasteiger charge is -2.12. The van der Waals surface area contributed by atoms with Gasteiger partial charge in [-0.25, -0.2) is 14.1 Å². The number of ether oxygens (including phenoxy) is 1. The first-order valence-corrected chi connectivity index (χ1v) is 10.5. The third-order valence-electron chi connectivity index (χ3n) is 5.51. The largest absolute Gasteiger partial charge is 0.497 e. The van der Waals surface area contributed by atoms with Crippen LogP contribution in [0.1, 0.15) is 17.0 Å². The van der Waals surface area contributed by atoms with Gasteiger partial charge in [0.1, 0.15) is 23.8 Å². The molecule has 9 heteroatoms. The van der Waals surface area contributed by atoms with E-state index in [4.69, 9.17) is 4.74 Å². The number of hydrogen-bond acceptors (Lipinski definition) is 4. The van der Waals surface area contributed by atoms with E-state index in [0.29, 0.717) is 0 Å². The molecule has 34 heavy (non-hydrogen) atoms. The highest BCUT2D eigenvalue weighted by molar-refractivity contribution is 6.16. The van der Waals surface area contributed by atoms with E-state index in [1.165, 1.54) is 18.2 Å². The number of aromatic nitrogens is 1. The molecule has 0 spiro atoms. The lowest BCUT2D eigenvalue weighted by Crippen LogP contribution is -2.38. The highest BCUT2D eigenvalue weighted by Crippen LogP contribution is 2.25. The number of aryl methyl sites for hydroxylation is 1. The molecule has 2 N–H and O–H groups in total. The van der Waals surface area contributed by atoms with Crippen LogP contribution in [0.4, 0.5) is 14.9 Å². The molecule has 1 aromatic heterocycles. The van der Waals surface area contributed by atoms with Crippen LogP contribution in [-0.2, 0) is 9.59 Å². The summed E-state index contributed by atoms with van der Waals surface area (Å²) in [4.78, 5) is 38.3. The Morgan fingerprint density at radius 1 is 1.12 bits per heavy atom. The highest BCUT2D eigenvalue weighted by Gasteiger charge is 2.35. The summed E-state index contributed by atoms with van der Waals surface area (Å²) in [6, 6.07) is 14.4. The van der Waals surface area contributed by atoms with E-state index >= 15 is 0 Å². The Labute approximate surface area is 195 Å². The first-order valence-electron chi connectivity index (χ1n) is 10.5. The predicted molar refractivity (Wildman–Crippen MR) is 125 cm³/mol. The lowest BCUT2D eigenvalue weighted by molar-refractivity contribution is -0.127. The summed E-state index contributed by atoms with van der Waals surface area (Å²) in [5.41, 5.74) is 3.50. The van der Waals surface area contributed by atoms with Crippen LogP contribution < -0.4 is 15.4 Å². The van der Waals surface area contributed by atoms with E-state index in [9.17, 15) is 18.8 Å². The number of nitrogens with one attached hydrogen (secondary N) is 2. The van der Waals surface area contributed by atoms with E-state index in [-0.39, 0.29) is 11.4 Å². The van der Waals surface area contributed by atoms with Crippen molar-refractivity contribution in [1.29, 1.82) is 0 Å². The second-order valence-electron chi connectivity index (χ2n) is 7.77. The first kappa shape index (κ1) is 22.8. The summed E-state index contributed by atoms with van der Waals surface area (Å²) in [6.07, 6.45) is 1.58. The third-order valence-corrected chi connectivity index (χ3v) is 5.51. The van der Waals surface area contributed by atoms with Crippen LogP contribution in [0.5, 0.6) is 5.75 Å². The molecule has 4 amide bonds. The average molecular weight is 462 g/mol. The Morgan fingerprint density at radius 2 is 1.82 bits per heavy atom. The highest BCUT2D eigenvalue weighted by atomic mass is 19.1. The van der Waals surface area contributed by atoms with Crippen LogP contribution in [0.2, 0.25) is 0 Å². The average Bonchev–Trinajstić information content (AvgIpc) is 3.24. The number of amides is 4. The van der Waals surface area contributed by atoms with Gasteiger partial charge in [-0.3, -0.25) is 9.59 Å². The summed E-state index contributed by atoms with van der Waals surface area (Å²) in [6.45, 7) is 3.30. The summed E-state index contributed by atoms with van der Waals surface area (Å²) in [5, 5.41) is 4.88. The summed E-state index contributed by atoms with van der Waals surface area (Å²) < 4.78 is 21.0. The topological polar surface area (TPSA) is 92.7 Å². The van der Waals surface area contributed by atoms with Gasteiger partial charge in [0.25, 0.3) is 5.91 Å². The van der Waals surface area contributed by atoms with E-state index in [0.717, 1.165) is 33.3 Å². The molecular weight excluding hydrogens is 439 g/mol. The second kappa shape index (κ2) is 9.22. The molecule has 0 bridgehead atoms. The van der Waals surface area contributed by atoms with E-state index in [1.54, 1.807) is 19.3 Å². The summed E-state index contributed by atoms with van der Waals surface area (Å²) in [7, 11) is 1.60. The molecule has 0 radical (unpaired) electrons. The minimum Gasteiger partial charge on any atom is -0.497 e. The standard InChI is InChI=1S/C25H23FN4O4/c1-15-12-17(16(2)30(15)18-8-10-19(34-3)11-9-18)13-22-24(32)29(25(33)28-22)14-23(31)27-21-7-5-4-6-20(21)26/h4-13H,14H2,1-3H3,(H,27,31)(H,28,33)/b22-13+. The summed E-state index contributed by atoms with van der Waals surface area (Å²) >= 11 is 0. The molecule has 0 aliphatic carbocycles. The fourth-order valence-corrected chi connectivity index (χ4v) is 3.83. The van der Waals surface area contributed by atoms with Gasteiger partial charge < -0.3 is 19.9 Å². The monoisotopic (exact) mass is 462 g/mol. The maximum absolute atomic E-state index is 13.8. The molecule has 1 fully saturated rings. The van der Waals surface area contributed by atoms with Gasteiger partial charge in [-0.15, -0.1) is 0 Å². The number of hydrogen-bond donors (Lipinski definition) is 2. The van der Waals surface area contributed by atoms with Crippen LogP contribution in [0.3, 0.4) is 0 Å². The number of carbonyl (C=O) groups is 3. The quantitative estimate of drug-likeness (QED) is 0.431. The molecular formula is C25H23FN4O4. The van der Waals surface area contributed by atoms with Crippen molar-refractivity contribution in [2.75, 3.05) is 19.0 Å². The van der Waals surface area contributed by atoms with Gasteiger partial charge in [-0.2, -0.15) is 0 Å². The number of anilines is 1. The number of halogens is 1. The molecule has 0 saturated carbocycles. The molecule has 3 aromatic rings. The fraction of sp³-hybridized carbons (Fsp3) is 0.160. The number of benzene rings is 2. The third kappa shape index (κ3) is 4.40. The Morgan fingerprint density at radius 3 is 2.50 bits per heavy atom. The van der Waals surface area contributed by atoms with Crippen molar-refractivity contribution in [2.45, 2.75) is 13.8 Å². The molecule has 0 atom stereocenters. The first-order chi connectivity index (χ1) is 16.3. The predicted octanol–water partition coefficient (Wildman–Crippen LogP) is 3.77. The molecule has 1 aliphatic heterocycles. The minimum absolute atomic E-state index is 0.0266. The van der Waals surface area contributed by atoms with Crippen LogP contribution in [-0.4, -0.2) is 41.0 Å². The second-order valence-corrected chi connectivity index (χ2v) is 7.77. The van der Waals surface area contributed by atoms with Gasteiger partial charge in [-0.05, 0) is 68.0 Å². The number of carbonyl (C=O) groups excluding carboxylic acids is 3. The van der Waals surface area contributed by atoms with Crippen LogP contribution >= 0.6 is 0 Å². The van der Waals surface area contributed by atoms with Crippen LogP contribution in [0.25, 0.3) is 11.8 Å². The number of para-hydroxylation sites is 1. The minimum atomic E-state index is -0.719. The Kier molecular flexibility index (Phi) is 6.18. The van der Waals surface area contributed by atoms with Crippen molar-refractivity contribution in [3.63, 3.8) is 0 Å². The van der Waals surface area contributed by atoms with Gasteiger partial charge in [0.15, 0.2) is 0 Å². The molecule has 1 aliphatic rings. The van der Waals surface area contributed by atoms with E-state index in [1.807, 2.05) is 48.7 Å². The normalized spacial score (nSPS) is 14.5. The van der Waals surface area contributed by atoms with Crippen LogP contribution in [0, 0.1) is 19.7 Å². The lowest BCUT2D eigenvalue weighted by atomic mass is 10.2. The number of nitrogens with zero attached hydrogens (tertiary/aromatic N) is 2.